The zero-order valence-corrected chi connectivity index (χ0v) is 11.9. The third kappa shape index (κ3) is 2.79. The number of fused-ring (bicyclic) bond motifs is 1. The molecular weight excluding hydrogens is 268 g/mol. The maximum Gasteiger partial charge on any atom is 0.258 e. The van der Waals surface area contributed by atoms with E-state index in [1.807, 2.05) is 42.9 Å². The lowest BCUT2D eigenvalue weighted by atomic mass is 10.2. The first-order chi connectivity index (χ1) is 10.1. The highest BCUT2D eigenvalue weighted by Crippen LogP contribution is 2.14. The minimum Gasteiger partial charge on any atom is -0.482 e. The molecule has 6 heteroatoms. The van der Waals surface area contributed by atoms with Gasteiger partial charge in [-0.15, -0.1) is 0 Å². The Hall–Kier alpha value is -2.63. The number of hydrogen-bond donors (Lipinski definition) is 1. The highest BCUT2D eigenvalue weighted by atomic mass is 16.5. The van der Waals surface area contributed by atoms with Gasteiger partial charge in [-0.3, -0.25) is 9.48 Å². The molecule has 1 N–H and O–H groups in total. The van der Waals surface area contributed by atoms with E-state index in [1.54, 1.807) is 12.3 Å². The van der Waals surface area contributed by atoms with Gasteiger partial charge >= 0.3 is 0 Å². The lowest BCUT2D eigenvalue weighted by molar-refractivity contribution is 0.295. The Bertz CT molecular complexity index is 820. The molecule has 0 saturated heterocycles. The minimum atomic E-state index is -0.155. The van der Waals surface area contributed by atoms with Gasteiger partial charge in [0.15, 0.2) is 5.75 Å². The van der Waals surface area contributed by atoms with Crippen molar-refractivity contribution < 1.29 is 4.74 Å². The third-order valence-corrected chi connectivity index (χ3v) is 3.14. The SMILES string of the molecule is CC(C)n1cc(OCc2nc3ccccc3c(=O)[nH]2)cn1. The van der Waals surface area contributed by atoms with Crippen molar-refractivity contribution in [3.63, 3.8) is 0 Å². The van der Waals surface area contributed by atoms with Crippen molar-refractivity contribution >= 4 is 10.9 Å². The summed E-state index contributed by atoms with van der Waals surface area (Å²) in [6.07, 6.45) is 3.48. The van der Waals surface area contributed by atoms with Gasteiger partial charge in [0.05, 0.1) is 23.3 Å². The molecule has 6 nitrogen and oxygen atoms in total. The number of nitrogens with zero attached hydrogens (tertiary/aromatic N) is 3. The van der Waals surface area contributed by atoms with Crippen molar-refractivity contribution in [2.24, 2.45) is 0 Å². The molecule has 2 aromatic heterocycles. The van der Waals surface area contributed by atoms with Crippen LogP contribution in [0.3, 0.4) is 0 Å². The number of hydrogen-bond acceptors (Lipinski definition) is 4. The van der Waals surface area contributed by atoms with E-state index in [0.29, 0.717) is 22.5 Å². The fourth-order valence-corrected chi connectivity index (χ4v) is 2.03. The zero-order chi connectivity index (χ0) is 14.8. The molecule has 0 aliphatic heterocycles. The molecule has 0 radical (unpaired) electrons. The first-order valence-corrected chi connectivity index (χ1v) is 6.78. The number of aromatic nitrogens is 4. The Morgan fingerprint density at radius 1 is 1.33 bits per heavy atom. The van der Waals surface area contributed by atoms with E-state index in [2.05, 4.69) is 15.1 Å². The summed E-state index contributed by atoms with van der Waals surface area (Å²) in [5.74, 6) is 1.15. The molecule has 0 amide bonds. The zero-order valence-electron chi connectivity index (χ0n) is 11.9. The topological polar surface area (TPSA) is 72.8 Å². The summed E-state index contributed by atoms with van der Waals surface area (Å²) >= 11 is 0. The Morgan fingerprint density at radius 2 is 2.14 bits per heavy atom. The van der Waals surface area contributed by atoms with Gasteiger partial charge in [-0.1, -0.05) is 12.1 Å². The molecule has 0 fully saturated rings. The van der Waals surface area contributed by atoms with Gasteiger partial charge in [0.1, 0.15) is 12.4 Å². The second-order valence-corrected chi connectivity index (χ2v) is 5.07. The molecule has 0 unspecified atom stereocenters. The van der Waals surface area contributed by atoms with E-state index in [4.69, 9.17) is 4.74 Å². The summed E-state index contributed by atoms with van der Waals surface area (Å²) in [5, 5.41) is 4.77. The number of nitrogens with one attached hydrogen (secondary N) is 1. The molecule has 3 rings (SSSR count). The summed E-state index contributed by atoms with van der Waals surface area (Å²) in [6, 6.07) is 7.51. The number of aromatic amines is 1. The molecule has 2 heterocycles. The van der Waals surface area contributed by atoms with Crippen molar-refractivity contribution in [1.82, 2.24) is 19.7 Å². The van der Waals surface area contributed by atoms with Gasteiger partial charge in [-0.2, -0.15) is 5.10 Å². The average Bonchev–Trinajstić information content (AvgIpc) is 2.94. The number of ether oxygens (including phenoxy) is 1. The quantitative estimate of drug-likeness (QED) is 0.797. The first kappa shape index (κ1) is 13.4. The smallest absolute Gasteiger partial charge is 0.258 e. The Morgan fingerprint density at radius 3 is 2.90 bits per heavy atom. The number of rotatable bonds is 4. The standard InChI is InChI=1S/C15H16N4O2/c1-10(2)19-8-11(7-16-19)21-9-14-17-13-6-4-3-5-12(13)15(20)18-14/h3-8,10H,9H2,1-2H3,(H,17,18,20). The van der Waals surface area contributed by atoms with Crippen LogP contribution in [0, 0.1) is 0 Å². The molecule has 0 aliphatic carbocycles. The second kappa shape index (κ2) is 5.40. The fraction of sp³-hybridized carbons (Fsp3) is 0.267. The van der Waals surface area contributed by atoms with E-state index in [9.17, 15) is 4.79 Å². The van der Waals surface area contributed by atoms with E-state index in [0.717, 1.165) is 0 Å². The van der Waals surface area contributed by atoms with Crippen LogP contribution in [-0.4, -0.2) is 19.7 Å². The second-order valence-electron chi connectivity index (χ2n) is 5.07. The summed E-state index contributed by atoms with van der Waals surface area (Å²) in [6.45, 7) is 4.28. The van der Waals surface area contributed by atoms with E-state index < -0.39 is 0 Å². The van der Waals surface area contributed by atoms with E-state index in [1.165, 1.54) is 0 Å². The van der Waals surface area contributed by atoms with Gasteiger partial charge < -0.3 is 9.72 Å². The molecule has 21 heavy (non-hydrogen) atoms. The van der Waals surface area contributed by atoms with Gasteiger partial charge in [0.2, 0.25) is 0 Å². The first-order valence-electron chi connectivity index (χ1n) is 6.78. The molecular formula is C15H16N4O2. The van der Waals surface area contributed by atoms with Crippen LogP contribution < -0.4 is 10.3 Å². The van der Waals surface area contributed by atoms with E-state index >= 15 is 0 Å². The Kier molecular flexibility index (Phi) is 3.43. The fourth-order valence-electron chi connectivity index (χ4n) is 2.03. The van der Waals surface area contributed by atoms with Crippen molar-refractivity contribution in [3.8, 4) is 5.75 Å². The third-order valence-electron chi connectivity index (χ3n) is 3.14. The maximum atomic E-state index is 11.9. The van der Waals surface area contributed by atoms with Gasteiger partial charge in [0.25, 0.3) is 5.56 Å². The molecule has 0 aliphatic rings. The maximum absolute atomic E-state index is 11.9. The van der Waals surface area contributed by atoms with Gasteiger partial charge in [0, 0.05) is 6.04 Å². The van der Waals surface area contributed by atoms with Crippen LogP contribution in [0.4, 0.5) is 0 Å². The number of H-pyrrole nitrogens is 1. The van der Waals surface area contributed by atoms with Crippen molar-refractivity contribution in [2.75, 3.05) is 0 Å². The normalized spacial score (nSPS) is 11.2. The Balaban J connectivity index is 1.80. The van der Waals surface area contributed by atoms with Crippen LogP contribution in [-0.2, 0) is 6.61 Å². The van der Waals surface area contributed by atoms with E-state index in [-0.39, 0.29) is 18.2 Å². The Labute approximate surface area is 121 Å². The molecule has 0 spiro atoms. The van der Waals surface area contributed by atoms with Crippen LogP contribution in [0.2, 0.25) is 0 Å². The van der Waals surface area contributed by atoms with Crippen LogP contribution >= 0.6 is 0 Å². The number of benzene rings is 1. The lowest BCUT2D eigenvalue weighted by Gasteiger charge is -2.05. The van der Waals surface area contributed by atoms with Crippen molar-refractivity contribution in [2.45, 2.75) is 26.5 Å². The van der Waals surface area contributed by atoms with Crippen LogP contribution in [0.1, 0.15) is 25.7 Å². The van der Waals surface area contributed by atoms with Crippen molar-refractivity contribution in [3.05, 3.63) is 52.8 Å². The predicted octanol–water partition coefficient (Wildman–Crippen LogP) is 2.28. The average molecular weight is 284 g/mol. The minimum absolute atomic E-state index is 0.155. The van der Waals surface area contributed by atoms with Crippen molar-refractivity contribution in [1.29, 1.82) is 0 Å². The largest absolute Gasteiger partial charge is 0.482 e. The molecule has 0 atom stereocenters. The van der Waals surface area contributed by atoms with Gasteiger partial charge in [-0.25, -0.2) is 4.98 Å². The lowest BCUT2D eigenvalue weighted by Crippen LogP contribution is -2.13. The van der Waals surface area contributed by atoms with Crippen LogP contribution in [0.5, 0.6) is 5.75 Å². The molecule has 0 saturated carbocycles. The van der Waals surface area contributed by atoms with Crippen LogP contribution in [0.25, 0.3) is 10.9 Å². The highest BCUT2D eigenvalue weighted by Gasteiger charge is 2.06. The molecule has 1 aromatic carbocycles. The summed E-state index contributed by atoms with van der Waals surface area (Å²) in [7, 11) is 0. The summed E-state index contributed by atoms with van der Waals surface area (Å²) in [4.78, 5) is 19.1. The summed E-state index contributed by atoms with van der Waals surface area (Å²) < 4.78 is 7.42. The highest BCUT2D eigenvalue weighted by molar-refractivity contribution is 5.77. The molecule has 108 valence electrons. The number of para-hydroxylation sites is 1. The summed E-state index contributed by atoms with van der Waals surface area (Å²) in [5.41, 5.74) is 0.509. The monoisotopic (exact) mass is 284 g/mol. The van der Waals surface area contributed by atoms with Crippen LogP contribution in [0.15, 0.2) is 41.5 Å². The van der Waals surface area contributed by atoms with Gasteiger partial charge in [-0.05, 0) is 26.0 Å². The molecule has 3 aromatic rings. The molecule has 0 bridgehead atoms. The predicted molar refractivity (Wildman–Crippen MR) is 79.3 cm³/mol.